The molecule has 0 radical (unpaired) electrons. The van der Waals surface area contributed by atoms with E-state index >= 15 is 0 Å². The van der Waals surface area contributed by atoms with Crippen LogP contribution in [0.2, 0.25) is 5.02 Å². The Bertz CT molecular complexity index is 356. The lowest BCUT2D eigenvalue weighted by molar-refractivity contribution is 0.109. The maximum Gasteiger partial charge on any atom is 0.179 e. The van der Waals surface area contributed by atoms with Gasteiger partial charge < -0.3 is 14.2 Å². The predicted molar refractivity (Wildman–Crippen MR) is 69.5 cm³/mol. The minimum absolute atomic E-state index is 0.384. The zero-order valence-electron chi connectivity index (χ0n) is 9.96. The number of methoxy groups -OCH3 is 1. The van der Waals surface area contributed by atoms with Crippen LogP contribution in [0, 0.1) is 0 Å². The Labute approximate surface area is 112 Å². The molecule has 0 N–H and O–H groups in total. The first kappa shape index (κ1) is 14.4. The van der Waals surface area contributed by atoms with E-state index in [-0.39, 0.29) is 0 Å². The van der Waals surface area contributed by atoms with Gasteiger partial charge in [-0.1, -0.05) is 11.6 Å². The first-order valence-corrected chi connectivity index (χ1v) is 6.27. The van der Waals surface area contributed by atoms with E-state index < -0.39 is 0 Å². The molecule has 1 aromatic carbocycles. The van der Waals surface area contributed by atoms with Crippen LogP contribution >= 0.6 is 23.2 Å². The molecule has 0 amide bonds. The van der Waals surface area contributed by atoms with Crippen molar-refractivity contribution in [1.82, 2.24) is 0 Å². The fourth-order valence-corrected chi connectivity index (χ4v) is 1.78. The topological polar surface area (TPSA) is 27.7 Å². The van der Waals surface area contributed by atoms with E-state index in [4.69, 9.17) is 37.4 Å². The summed E-state index contributed by atoms with van der Waals surface area (Å²) in [5, 5.41) is 0.497. The molecule has 1 rings (SSSR count). The summed E-state index contributed by atoms with van der Waals surface area (Å²) >= 11 is 11.9. The average molecular weight is 279 g/mol. The van der Waals surface area contributed by atoms with E-state index in [0.29, 0.717) is 42.2 Å². The van der Waals surface area contributed by atoms with Crippen molar-refractivity contribution in [2.45, 2.75) is 12.8 Å². The molecule has 5 heteroatoms. The molecule has 0 aliphatic heterocycles. The van der Waals surface area contributed by atoms with Crippen LogP contribution < -0.4 is 9.47 Å². The Morgan fingerprint density at radius 1 is 1.24 bits per heavy atom. The van der Waals surface area contributed by atoms with Gasteiger partial charge in [0.1, 0.15) is 6.61 Å². The van der Waals surface area contributed by atoms with Crippen LogP contribution in [0.3, 0.4) is 0 Å². The van der Waals surface area contributed by atoms with Gasteiger partial charge in [-0.25, -0.2) is 0 Å². The summed E-state index contributed by atoms with van der Waals surface area (Å²) in [7, 11) is 1.57. The zero-order chi connectivity index (χ0) is 12.7. The third kappa shape index (κ3) is 4.26. The molecule has 0 fully saturated rings. The Morgan fingerprint density at radius 2 is 2.00 bits per heavy atom. The quantitative estimate of drug-likeness (QED) is 0.564. The van der Waals surface area contributed by atoms with Crippen LogP contribution in [0.15, 0.2) is 12.1 Å². The fraction of sp³-hybridized carbons (Fsp3) is 0.500. The fourth-order valence-electron chi connectivity index (χ4n) is 1.34. The van der Waals surface area contributed by atoms with E-state index in [1.807, 2.05) is 13.0 Å². The predicted octanol–water partition coefficient (Wildman–Crippen LogP) is 3.50. The van der Waals surface area contributed by atoms with Crippen LogP contribution in [0.1, 0.15) is 12.5 Å². The van der Waals surface area contributed by atoms with E-state index in [2.05, 4.69) is 0 Å². The van der Waals surface area contributed by atoms with Crippen LogP contribution in [-0.4, -0.2) is 26.9 Å². The SMILES string of the molecule is CCOCCOc1c(Cl)cc(CCl)cc1OC. The molecule has 0 aromatic heterocycles. The first-order chi connectivity index (χ1) is 8.22. The van der Waals surface area contributed by atoms with Gasteiger partial charge in [-0.05, 0) is 24.6 Å². The van der Waals surface area contributed by atoms with Crippen LogP contribution in [0.5, 0.6) is 11.5 Å². The Balaban J connectivity index is 2.75. The van der Waals surface area contributed by atoms with Gasteiger partial charge in [0.05, 0.1) is 18.7 Å². The zero-order valence-corrected chi connectivity index (χ0v) is 11.5. The van der Waals surface area contributed by atoms with Crippen molar-refractivity contribution >= 4 is 23.2 Å². The van der Waals surface area contributed by atoms with Gasteiger partial charge in [-0.3, -0.25) is 0 Å². The molecule has 17 heavy (non-hydrogen) atoms. The summed E-state index contributed by atoms with van der Waals surface area (Å²) < 4.78 is 15.9. The molecule has 0 saturated heterocycles. The molecule has 0 unspecified atom stereocenters. The van der Waals surface area contributed by atoms with Crippen molar-refractivity contribution < 1.29 is 14.2 Å². The monoisotopic (exact) mass is 278 g/mol. The smallest absolute Gasteiger partial charge is 0.179 e. The average Bonchev–Trinajstić information content (AvgIpc) is 2.35. The van der Waals surface area contributed by atoms with Crippen molar-refractivity contribution in [3.8, 4) is 11.5 Å². The van der Waals surface area contributed by atoms with E-state index in [1.54, 1.807) is 13.2 Å². The van der Waals surface area contributed by atoms with Gasteiger partial charge in [0.25, 0.3) is 0 Å². The summed E-state index contributed by atoms with van der Waals surface area (Å²) in [4.78, 5) is 0. The van der Waals surface area contributed by atoms with Gasteiger partial charge >= 0.3 is 0 Å². The van der Waals surface area contributed by atoms with Gasteiger partial charge in [0.2, 0.25) is 0 Å². The van der Waals surface area contributed by atoms with Crippen molar-refractivity contribution in [2.75, 3.05) is 26.9 Å². The highest BCUT2D eigenvalue weighted by Gasteiger charge is 2.11. The standard InChI is InChI=1S/C12H16Cl2O3/c1-3-16-4-5-17-12-10(14)6-9(8-13)7-11(12)15-2/h6-7H,3-5,8H2,1-2H3. The third-order valence-corrected chi connectivity index (χ3v) is 2.71. The van der Waals surface area contributed by atoms with Crippen molar-refractivity contribution in [2.24, 2.45) is 0 Å². The summed E-state index contributed by atoms with van der Waals surface area (Å²) in [6, 6.07) is 3.59. The lowest BCUT2D eigenvalue weighted by Gasteiger charge is -2.13. The molecule has 0 spiro atoms. The maximum absolute atomic E-state index is 6.10. The van der Waals surface area contributed by atoms with Crippen LogP contribution in [-0.2, 0) is 10.6 Å². The van der Waals surface area contributed by atoms with E-state index in [9.17, 15) is 0 Å². The number of hydrogen-bond acceptors (Lipinski definition) is 3. The molecule has 0 heterocycles. The Kier molecular flexibility index (Phi) is 6.48. The van der Waals surface area contributed by atoms with Crippen molar-refractivity contribution in [3.63, 3.8) is 0 Å². The van der Waals surface area contributed by atoms with Crippen molar-refractivity contribution in [1.29, 1.82) is 0 Å². The molecular formula is C12H16Cl2O3. The molecule has 0 saturated carbocycles. The highest BCUT2D eigenvalue weighted by Crippen LogP contribution is 2.36. The molecule has 96 valence electrons. The Hall–Kier alpha value is -0.640. The summed E-state index contributed by atoms with van der Waals surface area (Å²) in [5.74, 6) is 1.50. The number of rotatable bonds is 7. The largest absolute Gasteiger partial charge is 0.493 e. The lowest BCUT2D eigenvalue weighted by atomic mass is 10.2. The summed E-state index contributed by atoms with van der Waals surface area (Å²) in [5.41, 5.74) is 0.894. The van der Waals surface area contributed by atoms with E-state index in [1.165, 1.54) is 0 Å². The number of alkyl halides is 1. The second-order valence-electron chi connectivity index (χ2n) is 3.29. The van der Waals surface area contributed by atoms with Gasteiger partial charge in [0, 0.05) is 12.5 Å². The minimum atomic E-state index is 0.384. The highest BCUT2D eigenvalue weighted by atomic mass is 35.5. The number of benzene rings is 1. The highest BCUT2D eigenvalue weighted by molar-refractivity contribution is 6.32. The van der Waals surface area contributed by atoms with Gasteiger partial charge in [-0.15, -0.1) is 11.6 Å². The Morgan fingerprint density at radius 3 is 2.59 bits per heavy atom. The first-order valence-electron chi connectivity index (χ1n) is 5.35. The lowest BCUT2D eigenvalue weighted by Crippen LogP contribution is -2.07. The van der Waals surface area contributed by atoms with Crippen LogP contribution in [0.25, 0.3) is 0 Å². The van der Waals surface area contributed by atoms with Crippen molar-refractivity contribution in [3.05, 3.63) is 22.7 Å². The van der Waals surface area contributed by atoms with Gasteiger partial charge in [0.15, 0.2) is 11.5 Å². The maximum atomic E-state index is 6.10. The second-order valence-corrected chi connectivity index (χ2v) is 3.96. The summed E-state index contributed by atoms with van der Waals surface area (Å²) in [6.45, 7) is 3.56. The van der Waals surface area contributed by atoms with Crippen LogP contribution in [0.4, 0.5) is 0 Å². The molecule has 0 aliphatic rings. The molecule has 0 atom stereocenters. The number of hydrogen-bond donors (Lipinski definition) is 0. The second kappa shape index (κ2) is 7.64. The number of halogens is 2. The molecule has 0 bridgehead atoms. The third-order valence-electron chi connectivity index (χ3n) is 2.12. The van der Waals surface area contributed by atoms with E-state index in [0.717, 1.165) is 5.56 Å². The number of ether oxygens (including phenoxy) is 3. The molecule has 1 aromatic rings. The minimum Gasteiger partial charge on any atom is -0.493 e. The van der Waals surface area contributed by atoms with Gasteiger partial charge in [-0.2, -0.15) is 0 Å². The summed E-state index contributed by atoms with van der Waals surface area (Å²) in [6.07, 6.45) is 0. The molecular weight excluding hydrogens is 263 g/mol. The molecule has 3 nitrogen and oxygen atoms in total. The normalized spacial score (nSPS) is 10.4. The molecule has 0 aliphatic carbocycles.